The zero-order valence-corrected chi connectivity index (χ0v) is 15.1. The Balaban J connectivity index is 1.78. The van der Waals surface area contributed by atoms with E-state index >= 15 is 0 Å². The molecule has 1 aromatic heterocycles. The van der Waals surface area contributed by atoms with Crippen LogP contribution in [0.25, 0.3) is 0 Å². The van der Waals surface area contributed by atoms with E-state index in [-0.39, 0.29) is 18.1 Å². The summed E-state index contributed by atoms with van der Waals surface area (Å²) < 4.78 is 12.0. The van der Waals surface area contributed by atoms with Crippen molar-refractivity contribution in [3.63, 3.8) is 0 Å². The molecule has 140 valence electrons. The number of rotatable bonds is 8. The van der Waals surface area contributed by atoms with Crippen molar-refractivity contribution in [3.8, 4) is 11.5 Å². The molecule has 1 heterocycles. The van der Waals surface area contributed by atoms with Crippen LogP contribution in [0.15, 0.2) is 29.3 Å². The molecule has 26 heavy (non-hydrogen) atoms. The summed E-state index contributed by atoms with van der Waals surface area (Å²) in [5.41, 5.74) is 0.518. The van der Waals surface area contributed by atoms with E-state index in [2.05, 4.69) is 10.2 Å². The lowest BCUT2D eigenvalue weighted by atomic mass is 9.85. The second kappa shape index (κ2) is 8.07. The van der Waals surface area contributed by atoms with Crippen LogP contribution in [0.5, 0.6) is 11.5 Å². The van der Waals surface area contributed by atoms with Crippen molar-refractivity contribution in [2.24, 2.45) is 5.92 Å². The number of aromatic amines is 1. The predicted molar refractivity (Wildman–Crippen MR) is 95.2 cm³/mol. The average Bonchev–Trinajstić information content (AvgIpc) is 3.01. The van der Waals surface area contributed by atoms with E-state index in [1.54, 1.807) is 19.1 Å². The molecule has 0 unspecified atom stereocenters. The standard InChI is InChI=1S/C18H24N4O4/c1-25-15-7-6-14(16(8-15)26-2)10-21(9-13-4-3-5-13)17(23)11-22-12-19-20-18(22)24/h6-8,12-13H,3-5,9-11H2,1-2H3,(H,20,24). The summed E-state index contributed by atoms with van der Waals surface area (Å²) in [5, 5.41) is 5.98. The number of amides is 1. The first kappa shape index (κ1) is 18.0. The fourth-order valence-electron chi connectivity index (χ4n) is 3.06. The largest absolute Gasteiger partial charge is 0.497 e. The fourth-order valence-corrected chi connectivity index (χ4v) is 3.06. The van der Waals surface area contributed by atoms with Gasteiger partial charge in [0.15, 0.2) is 0 Å². The molecule has 8 heteroatoms. The molecule has 1 aliphatic carbocycles. The van der Waals surface area contributed by atoms with Gasteiger partial charge in [-0.05, 0) is 30.9 Å². The van der Waals surface area contributed by atoms with Gasteiger partial charge in [0.2, 0.25) is 5.91 Å². The Morgan fingerprint density at radius 1 is 1.35 bits per heavy atom. The van der Waals surface area contributed by atoms with Gasteiger partial charge in [-0.25, -0.2) is 9.89 Å². The molecule has 3 rings (SSSR count). The number of hydrogen-bond donors (Lipinski definition) is 1. The Bertz CT molecular complexity index is 810. The maximum absolute atomic E-state index is 12.8. The molecule has 0 spiro atoms. The van der Waals surface area contributed by atoms with Crippen LogP contribution in [-0.2, 0) is 17.9 Å². The predicted octanol–water partition coefficient (Wildman–Crippen LogP) is 1.42. The molecule has 0 saturated heterocycles. The van der Waals surface area contributed by atoms with E-state index in [9.17, 15) is 9.59 Å². The van der Waals surface area contributed by atoms with Gasteiger partial charge in [0, 0.05) is 24.7 Å². The molecule has 0 radical (unpaired) electrons. The summed E-state index contributed by atoms with van der Waals surface area (Å²) in [6.07, 6.45) is 4.82. The van der Waals surface area contributed by atoms with E-state index in [0.29, 0.717) is 30.5 Å². The minimum absolute atomic E-state index is 0.0273. The summed E-state index contributed by atoms with van der Waals surface area (Å²) >= 11 is 0. The number of aromatic nitrogens is 3. The maximum atomic E-state index is 12.8. The summed E-state index contributed by atoms with van der Waals surface area (Å²) in [7, 11) is 3.20. The number of nitrogens with zero attached hydrogens (tertiary/aromatic N) is 3. The third-order valence-electron chi connectivity index (χ3n) is 4.84. The topological polar surface area (TPSA) is 89.5 Å². The second-order valence-electron chi connectivity index (χ2n) is 6.54. The number of H-pyrrole nitrogens is 1. The minimum Gasteiger partial charge on any atom is -0.497 e. The maximum Gasteiger partial charge on any atom is 0.343 e. The molecule has 1 fully saturated rings. The number of hydrogen-bond acceptors (Lipinski definition) is 5. The fraction of sp³-hybridized carbons (Fsp3) is 0.500. The number of carbonyl (C=O) groups excluding carboxylic acids is 1. The summed E-state index contributed by atoms with van der Waals surface area (Å²) in [4.78, 5) is 26.3. The number of carbonyl (C=O) groups is 1. The van der Waals surface area contributed by atoms with Gasteiger partial charge in [-0.15, -0.1) is 0 Å². The number of ether oxygens (including phenoxy) is 2. The van der Waals surface area contributed by atoms with Gasteiger partial charge in [-0.3, -0.25) is 9.36 Å². The highest BCUT2D eigenvalue weighted by Gasteiger charge is 2.25. The molecule has 0 bridgehead atoms. The van der Waals surface area contributed by atoms with Crippen molar-refractivity contribution >= 4 is 5.91 Å². The van der Waals surface area contributed by atoms with Crippen molar-refractivity contribution in [1.29, 1.82) is 0 Å². The first-order chi connectivity index (χ1) is 12.6. The number of methoxy groups -OCH3 is 2. The van der Waals surface area contributed by atoms with Gasteiger partial charge in [-0.2, -0.15) is 5.10 Å². The lowest BCUT2D eigenvalue weighted by Gasteiger charge is -2.33. The molecule has 1 aliphatic rings. The first-order valence-electron chi connectivity index (χ1n) is 8.69. The van der Waals surface area contributed by atoms with Crippen molar-refractivity contribution < 1.29 is 14.3 Å². The van der Waals surface area contributed by atoms with Crippen LogP contribution in [-0.4, -0.2) is 46.3 Å². The zero-order chi connectivity index (χ0) is 18.5. The van der Waals surface area contributed by atoms with E-state index in [1.807, 2.05) is 18.2 Å². The van der Waals surface area contributed by atoms with Gasteiger partial charge in [0.25, 0.3) is 0 Å². The van der Waals surface area contributed by atoms with E-state index < -0.39 is 0 Å². The van der Waals surface area contributed by atoms with Crippen LogP contribution in [0.2, 0.25) is 0 Å². The van der Waals surface area contributed by atoms with Crippen molar-refractivity contribution in [2.75, 3.05) is 20.8 Å². The average molecular weight is 360 g/mol. The third-order valence-corrected chi connectivity index (χ3v) is 4.84. The van der Waals surface area contributed by atoms with Crippen LogP contribution in [0.3, 0.4) is 0 Å². The van der Waals surface area contributed by atoms with Crippen LogP contribution >= 0.6 is 0 Å². The molecule has 1 aromatic carbocycles. The monoisotopic (exact) mass is 360 g/mol. The van der Waals surface area contributed by atoms with Crippen molar-refractivity contribution in [2.45, 2.75) is 32.4 Å². The Morgan fingerprint density at radius 2 is 2.15 bits per heavy atom. The molecule has 1 saturated carbocycles. The SMILES string of the molecule is COc1ccc(CN(CC2CCC2)C(=O)Cn2cn[nH]c2=O)c(OC)c1. The highest BCUT2D eigenvalue weighted by molar-refractivity contribution is 5.76. The Kier molecular flexibility index (Phi) is 5.60. The molecule has 2 aromatic rings. The summed E-state index contributed by atoms with van der Waals surface area (Å²) in [6.45, 7) is 1.08. The zero-order valence-electron chi connectivity index (χ0n) is 15.1. The van der Waals surface area contributed by atoms with Crippen LogP contribution in [0.4, 0.5) is 0 Å². The Hall–Kier alpha value is -2.77. The highest BCUT2D eigenvalue weighted by Crippen LogP contribution is 2.30. The van der Waals surface area contributed by atoms with Crippen LogP contribution < -0.4 is 15.2 Å². The van der Waals surface area contributed by atoms with Crippen LogP contribution in [0, 0.1) is 5.92 Å². The van der Waals surface area contributed by atoms with Gasteiger partial charge in [-0.1, -0.05) is 6.42 Å². The molecule has 0 aliphatic heterocycles. The van der Waals surface area contributed by atoms with Crippen LogP contribution in [0.1, 0.15) is 24.8 Å². The summed E-state index contributed by atoms with van der Waals surface area (Å²) in [5.74, 6) is 1.78. The molecular weight excluding hydrogens is 336 g/mol. The highest BCUT2D eigenvalue weighted by atomic mass is 16.5. The normalized spacial score (nSPS) is 13.9. The van der Waals surface area contributed by atoms with Gasteiger partial charge < -0.3 is 14.4 Å². The quantitative estimate of drug-likeness (QED) is 0.769. The molecular formula is C18H24N4O4. The number of nitrogens with one attached hydrogen (secondary N) is 1. The molecule has 8 nitrogen and oxygen atoms in total. The molecule has 1 N–H and O–H groups in total. The Morgan fingerprint density at radius 3 is 2.73 bits per heavy atom. The minimum atomic E-state index is -0.385. The summed E-state index contributed by atoms with van der Waals surface area (Å²) in [6, 6.07) is 5.56. The molecule has 1 amide bonds. The van der Waals surface area contributed by atoms with E-state index in [1.165, 1.54) is 17.3 Å². The van der Waals surface area contributed by atoms with Gasteiger partial charge in [0.1, 0.15) is 24.4 Å². The van der Waals surface area contributed by atoms with Crippen molar-refractivity contribution in [1.82, 2.24) is 19.7 Å². The molecule has 0 atom stereocenters. The lowest BCUT2D eigenvalue weighted by Crippen LogP contribution is -2.40. The smallest absolute Gasteiger partial charge is 0.343 e. The number of benzene rings is 1. The van der Waals surface area contributed by atoms with E-state index in [4.69, 9.17) is 9.47 Å². The lowest BCUT2D eigenvalue weighted by molar-refractivity contribution is -0.133. The Labute approximate surface area is 151 Å². The first-order valence-corrected chi connectivity index (χ1v) is 8.69. The van der Waals surface area contributed by atoms with Gasteiger partial charge in [0.05, 0.1) is 14.2 Å². The third kappa shape index (κ3) is 4.07. The van der Waals surface area contributed by atoms with Crippen molar-refractivity contribution in [3.05, 3.63) is 40.6 Å². The van der Waals surface area contributed by atoms with Gasteiger partial charge >= 0.3 is 5.69 Å². The van der Waals surface area contributed by atoms with E-state index in [0.717, 1.165) is 18.4 Å². The second-order valence-corrected chi connectivity index (χ2v) is 6.54.